The molecule has 0 bridgehead atoms. The number of anilines is 1. The van der Waals surface area contributed by atoms with E-state index < -0.39 is 11.2 Å². The van der Waals surface area contributed by atoms with Crippen molar-refractivity contribution in [2.24, 2.45) is 12.8 Å². The number of hydrogen-bond acceptors (Lipinski definition) is 7. The fourth-order valence-corrected chi connectivity index (χ4v) is 3.90. The van der Waals surface area contributed by atoms with Gasteiger partial charge in [0.25, 0.3) is 5.56 Å². The number of hydrogen-bond donors (Lipinski definition) is 1. The monoisotopic (exact) mass is 446 g/mol. The first-order valence-electron chi connectivity index (χ1n) is 10.6. The van der Waals surface area contributed by atoms with Gasteiger partial charge in [0, 0.05) is 38.3 Å². The van der Waals surface area contributed by atoms with Gasteiger partial charge in [-0.3, -0.25) is 18.5 Å². The number of nitrogens with zero attached hydrogens (tertiary/aromatic N) is 7. The summed E-state index contributed by atoms with van der Waals surface area (Å²) in [4.78, 5) is 42.3. The highest BCUT2D eigenvalue weighted by Gasteiger charge is 2.22. The summed E-state index contributed by atoms with van der Waals surface area (Å²) < 4.78 is 4.25. The molecule has 0 aliphatic rings. The summed E-state index contributed by atoms with van der Waals surface area (Å²) in [5.41, 5.74) is 6.93. The topological polar surface area (TPSA) is 117 Å². The summed E-state index contributed by atoms with van der Waals surface area (Å²) >= 11 is 0. The van der Waals surface area contributed by atoms with Gasteiger partial charge in [0.2, 0.25) is 5.95 Å². The van der Waals surface area contributed by atoms with Gasteiger partial charge in [0.15, 0.2) is 11.2 Å². The zero-order chi connectivity index (χ0) is 23.7. The standard InChI is InChI=1S/C23H26N8O2/c1-5-6-12-30-19-20(27-22(30)28(3)13-11-24)29(4)23(33)31(21(19)32)14-18-25-15(2)16-9-7-8-10-17(16)26-18/h7-10H,11-14,24H2,1-4H3. The fraction of sp³-hybridized carbons (Fsp3) is 0.348. The lowest BCUT2D eigenvalue weighted by Gasteiger charge is -2.17. The van der Waals surface area contributed by atoms with E-state index in [2.05, 4.69) is 26.8 Å². The van der Waals surface area contributed by atoms with E-state index in [1.165, 1.54) is 4.57 Å². The van der Waals surface area contributed by atoms with E-state index >= 15 is 0 Å². The molecular formula is C23H26N8O2. The lowest BCUT2D eigenvalue weighted by atomic mass is 10.2. The molecule has 4 rings (SSSR count). The van der Waals surface area contributed by atoms with E-state index in [0.717, 1.165) is 21.2 Å². The molecule has 33 heavy (non-hydrogen) atoms. The average Bonchev–Trinajstić information content (AvgIpc) is 3.19. The number of fused-ring (bicyclic) bond motifs is 2. The summed E-state index contributed by atoms with van der Waals surface area (Å²) in [6.07, 6.45) is 0. The highest BCUT2D eigenvalue weighted by Crippen LogP contribution is 2.19. The quantitative estimate of drug-likeness (QED) is 0.432. The minimum Gasteiger partial charge on any atom is -0.344 e. The molecule has 0 atom stereocenters. The molecule has 3 aromatic heterocycles. The SMILES string of the molecule is CC#CCn1c(N(C)CCN)nc2c1c(=O)n(Cc1nc(C)c3ccccc3n1)c(=O)n2C. The van der Waals surface area contributed by atoms with Crippen LogP contribution in [0.1, 0.15) is 18.4 Å². The average molecular weight is 447 g/mol. The Balaban J connectivity index is 1.93. The normalized spacial score (nSPS) is 11.1. The van der Waals surface area contributed by atoms with Gasteiger partial charge in [0.1, 0.15) is 5.82 Å². The predicted molar refractivity (Wildman–Crippen MR) is 128 cm³/mol. The zero-order valence-corrected chi connectivity index (χ0v) is 19.2. The van der Waals surface area contributed by atoms with Crippen molar-refractivity contribution in [2.45, 2.75) is 26.9 Å². The van der Waals surface area contributed by atoms with Crippen molar-refractivity contribution in [3.8, 4) is 11.8 Å². The third-order valence-electron chi connectivity index (χ3n) is 5.57. The summed E-state index contributed by atoms with van der Waals surface area (Å²) in [6.45, 7) is 4.78. The van der Waals surface area contributed by atoms with E-state index in [4.69, 9.17) is 5.73 Å². The number of benzene rings is 1. The van der Waals surface area contributed by atoms with E-state index in [1.54, 1.807) is 18.5 Å². The van der Waals surface area contributed by atoms with Crippen LogP contribution in [-0.4, -0.2) is 48.8 Å². The summed E-state index contributed by atoms with van der Waals surface area (Å²) in [5, 5.41) is 0.931. The number of likely N-dealkylation sites (N-methyl/N-ethyl adjacent to an activating group) is 1. The van der Waals surface area contributed by atoms with Crippen molar-refractivity contribution in [1.29, 1.82) is 0 Å². The first-order valence-corrected chi connectivity index (χ1v) is 10.6. The molecule has 0 amide bonds. The second kappa shape index (κ2) is 8.88. The second-order valence-corrected chi connectivity index (χ2v) is 7.78. The molecule has 10 nitrogen and oxygen atoms in total. The maximum Gasteiger partial charge on any atom is 0.332 e. The third kappa shape index (κ3) is 3.87. The number of aromatic nitrogens is 6. The first-order chi connectivity index (χ1) is 15.9. The van der Waals surface area contributed by atoms with Gasteiger partial charge >= 0.3 is 5.69 Å². The Bertz CT molecular complexity index is 1530. The third-order valence-corrected chi connectivity index (χ3v) is 5.57. The van der Waals surface area contributed by atoms with Crippen molar-refractivity contribution in [2.75, 3.05) is 25.0 Å². The van der Waals surface area contributed by atoms with Crippen LogP contribution in [0.5, 0.6) is 0 Å². The van der Waals surface area contributed by atoms with Crippen LogP contribution in [-0.2, 0) is 20.1 Å². The predicted octanol–water partition coefficient (Wildman–Crippen LogP) is 0.615. The molecule has 0 aliphatic heterocycles. The molecule has 4 aromatic rings. The Kier molecular flexibility index (Phi) is 5.98. The summed E-state index contributed by atoms with van der Waals surface area (Å²) in [5.74, 6) is 6.77. The van der Waals surface area contributed by atoms with Gasteiger partial charge in [-0.25, -0.2) is 14.8 Å². The molecule has 0 fully saturated rings. The van der Waals surface area contributed by atoms with E-state index in [9.17, 15) is 9.59 Å². The van der Waals surface area contributed by atoms with Crippen molar-refractivity contribution < 1.29 is 0 Å². The maximum absolute atomic E-state index is 13.6. The van der Waals surface area contributed by atoms with E-state index in [-0.39, 0.29) is 13.1 Å². The largest absolute Gasteiger partial charge is 0.344 e. The number of aryl methyl sites for hydroxylation is 2. The molecule has 0 saturated carbocycles. The minimum absolute atomic E-state index is 0.0499. The van der Waals surface area contributed by atoms with Gasteiger partial charge in [0.05, 0.1) is 18.6 Å². The van der Waals surface area contributed by atoms with Crippen LogP contribution in [0.3, 0.4) is 0 Å². The van der Waals surface area contributed by atoms with Crippen LogP contribution in [0.15, 0.2) is 33.9 Å². The van der Waals surface area contributed by atoms with Gasteiger partial charge in [-0.2, -0.15) is 4.98 Å². The molecule has 2 N–H and O–H groups in total. The van der Waals surface area contributed by atoms with Crippen LogP contribution in [0, 0.1) is 18.8 Å². The van der Waals surface area contributed by atoms with Crippen molar-refractivity contribution in [1.82, 2.24) is 28.7 Å². The number of imidazole rings is 1. The van der Waals surface area contributed by atoms with E-state index in [0.29, 0.717) is 36.0 Å². The number of para-hydroxylation sites is 1. The van der Waals surface area contributed by atoms with Gasteiger partial charge < -0.3 is 10.6 Å². The van der Waals surface area contributed by atoms with Gasteiger partial charge in [-0.15, -0.1) is 5.92 Å². The zero-order valence-electron chi connectivity index (χ0n) is 19.2. The second-order valence-electron chi connectivity index (χ2n) is 7.78. The highest BCUT2D eigenvalue weighted by molar-refractivity contribution is 5.80. The van der Waals surface area contributed by atoms with Crippen LogP contribution in [0.25, 0.3) is 22.1 Å². The van der Waals surface area contributed by atoms with Gasteiger partial charge in [-0.05, 0) is 19.9 Å². The smallest absolute Gasteiger partial charge is 0.332 e. The van der Waals surface area contributed by atoms with Crippen molar-refractivity contribution in [3.63, 3.8) is 0 Å². The molecule has 3 heterocycles. The number of nitrogens with two attached hydrogens (primary N) is 1. The van der Waals surface area contributed by atoms with Crippen molar-refractivity contribution in [3.05, 3.63) is 56.6 Å². The van der Waals surface area contributed by atoms with E-state index in [1.807, 2.05) is 43.1 Å². The molecule has 1 aromatic carbocycles. The first kappa shape index (κ1) is 22.2. The Hall–Kier alpha value is -3.97. The Morgan fingerprint density at radius 1 is 1.12 bits per heavy atom. The molecule has 10 heteroatoms. The Morgan fingerprint density at radius 3 is 2.61 bits per heavy atom. The fourth-order valence-electron chi connectivity index (χ4n) is 3.90. The highest BCUT2D eigenvalue weighted by atomic mass is 16.2. The Labute approximate surface area is 190 Å². The van der Waals surface area contributed by atoms with Crippen molar-refractivity contribution >= 4 is 28.0 Å². The molecule has 0 aliphatic carbocycles. The molecular weight excluding hydrogens is 420 g/mol. The van der Waals surface area contributed by atoms with Gasteiger partial charge in [-0.1, -0.05) is 24.1 Å². The van der Waals surface area contributed by atoms with Crippen LogP contribution < -0.4 is 21.9 Å². The molecule has 0 unspecified atom stereocenters. The lowest BCUT2D eigenvalue weighted by Crippen LogP contribution is -2.40. The maximum atomic E-state index is 13.6. The lowest BCUT2D eigenvalue weighted by molar-refractivity contribution is 0.633. The van der Waals surface area contributed by atoms with Crippen LogP contribution in [0.4, 0.5) is 5.95 Å². The summed E-state index contributed by atoms with van der Waals surface area (Å²) in [6, 6.07) is 7.64. The minimum atomic E-state index is -0.485. The molecule has 0 saturated heterocycles. The molecule has 170 valence electrons. The summed E-state index contributed by atoms with van der Waals surface area (Å²) in [7, 11) is 3.44. The molecule has 0 radical (unpaired) electrons. The Morgan fingerprint density at radius 2 is 1.88 bits per heavy atom. The molecule has 0 spiro atoms. The van der Waals surface area contributed by atoms with Crippen LogP contribution >= 0.6 is 0 Å². The number of rotatable bonds is 6. The van der Waals surface area contributed by atoms with Crippen LogP contribution in [0.2, 0.25) is 0 Å².